The van der Waals surface area contributed by atoms with Gasteiger partial charge in [-0.25, -0.2) is 0 Å². The number of nitrogens with zero attached hydrogens (tertiary/aromatic N) is 1. The fourth-order valence-electron chi connectivity index (χ4n) is 3.65. The van der Waals surface area contributed by atoms with Crippen molar-refractivity contribution in [2.45, 2.75) is 71.5 Å². The zero-order valence-corrected chi connectivity index (χ0v) is 13.5. The molecule has 1 saturated heterocycles. The van der Waals surface area contributed by atoms with Crippen LogP contribution in [0.1, 0.15) is 62.3 Å². The van der Waals surface area contributed by atoms with Crippen molar-refractivity contribution in [3.8, 4) is 0 Å². The van der Waals surface area contributed by atoms with Gasteiger partial charge in [0.2, 0.25) is 0 Å². The van der Waals surface area contributed by atoms with Gasteiger partial charge in [0.15, 0.2) is 0 Å². The van der Waals surface area contributed by atoms with E-state index in [1.807, 2.05) is 0 Å². The van der Waals surface area contributed by atoms with Crippen LogP contribution in [0.5, 0.6) is 0 Å². The molecule has 0 aromatic heterocycles. The summed E-state index contributed by atoms with van der Waals surface area (Å²) >= 11 is 0. The number of aryl methyl sites for hydroxylation is 2. The fraction of sp³-hybridized carbons (Fsp3) is 0.667. The zero-order chi connectivity index (χ0) is 14.7. The number of rotatable bonds is 5. The first kappa shape index (κ1) is 15.5. The second-order valence-electron chi connectivity index (χ2n) is 6.54. The van der Waals surface area contributed by atoms with Crippen LogP contribution in [0.2, 0.25) is 0 Å². The smallest absolute Gasteiger partial charge is 0.0307 e. The highest BCUT2D eigenvalue weighted by Crippen LogP contribution is 2.27. The summed E-state index contributed by atoms with van der Waals surface area (Å²) in [5.74, 6) is 0. The SMILES string of the molecule is CCC1CCC(C)N1CCC(N)c1cc(C)cc(C)c1. The molecule has 0 bridgehead atoms. The molecular formula is C18H30N2. The van der Waals surface area contributed by atoms with Gasteiger partial charge in [-0.3, -0.25) is 4.90 Å². The average molecular weight is 274 g/mol. The van der Waals surface area contributed by atoms with E-state index in [2.05, 4.69) is 50.8 Å². The van der Waals surface area contributed by atoms with E-state index in [9.17, 15) is 0 Å². The van der Waals surface area contributed by atoms with Gasteiger partial charge in [-0.2, -0.15) is 0 Å². The lowest BCUT2D eigenvalue weighted by atomic mass is 9.99. The van der Waals surface area contributed by atoms with E-state index in [0.29, 0.717) is 0 Å². The molecule has 0 spiro atoms. The first-order chi connectivity index (χ1) is 9.51. The van der Waals surface area contributed by atoms with Crippen LogP contribution < -0.4 is 5.73 Å². The molecule has 0 aliphatic carbocycles. The summed E-state index contributed by atoms with van der Waals surface area (Å²) in [5.41, 5.74) is 10.3. The van der Waals surface area contributed by atoms with E-state index in [-0.39, 0.29) is 6.04 Å². The predicted octanol–water partition coefficient (Wildman–Crippen LogP) is 3.96. The lowest BCUT2D eigenvalue weighted by Gasteiger charge is -2.29. The quantitative estimate of drug-likeness (QED) is 0.880. The van der Waals surface area contributed by atoms with Crippen LogP contribution in [-0.4, -0.2) is 23.5 Å². The molecule has 2 nitrogen and oxygen atoms in total. The highest BCUT2D eigenvalue weighted by molar-refractivity contribution is 5.30. The highest BCUT2D eigenvalue weighted by Gasteiger charge is 2.29. The van der Waals surface area contributed by atoms with Gasteiger partial charge < -0.3 is 5.73 Å². The third kappa shape index (κ3) is 3.62. The molecule has 112 valence electrons. The molecular weight excluding hydrogens is 244 g/mol. The molecule has 0 radical (unpaired) electrons. The highest BCUT2D eigenvalue weighted by atomic mass is 15.2. The largest absolute Gasteiger partial charge is 0.324 e. The maximum Gasteiger partial charge on any atom is 0.0307 e. The Morgan fingerprint density at radius 1 is 1.20 bits per heavy atom. The van der Waals surface area contributed by atoms with Crippen LogP contribution in [0, 0.1) is 13.8 Å². The van der Waals surface area contributed by atoms with Crippen molar-refractivity contribution in [2.24, 2.45) is 5.73 Å². The molecule has 20 heavy (non-hydrogen) atoms. The average Bonchev–Trinajstić information content (AvgIpc) is 2.75. The summed E-state index contributed by atoms with van der Waals surface area (Å²) in [6.45, 7) is 10.1. The van der Waals surface area contributed by atoms with Crippen LogP contribution in [0.25, 0.3) is 0 Å². The Morgan fingerprint density at radius 3 is 2.45 bits per heavy atom. The van der Waals surface area contributed by atoms with Crippen molar-refractivity contribution in [3.63, 3.8) is 0 Å². The van der Waals surface area contributed by atoms with Crippen LogP contribution in [-0.2, 0) is 0 Å². The first-order valence-electron chi connectivity index (χ1n) is 8.10. The monoisotopic (exact) mass is 274 g/mol. The van der Waals surface area contributed by atoms with Gasteiger partial charge >= 0.3 is 0 Å². The van der Waals surface area contributed by atoms with Crippen molar-refractivity contribution >= 4 is 0 Å². The Morgan fingerprint density at radius 2 is 1.85 bits per heavy atom. The minimum Gasteiger partial charge on any atom is -0.324 e. The van der Waals surface area contributed by atoms with Crippen LogP contribution in [0.4, 0.5) is 0 Å². The summed E-state index contributed by atoms with van der Waals surface area (Å²) in [5, 5.41) is 0. The van der Waals surface area contributed by atoms with Crippen molar-refractivity contribution in [3.05, 3.63) is 34.9 Å². The van der Waals surface area contributed by atoms with E-state index in [4.69, 9.17) is 5.73 Å². The Balaban J connectivity index is 1.96. The molecule has 1 aliphatic heterocycles. The molecule has 1 aromatic carbocycles. The number of likely N-dealkylation sites (tertiary alicyclic amines) is 1. The first-order valence-corrected chi connectivity index (χ1v) is 8.10. The molecule has 3 atom stereocenters. The second-order valence-corrected chi connectivity index (χ2v) is 6.54. The summed E-state index contributed by atoms with van der Waals surface area (Å²) in [7, 11) is 0. The van der Waals surface area contributed by atoms with Gasteiger partial charge in [0, 0.05) is 24.7 Å². The Labute approximate surface area is 124 Å². The summed E-state index contributed by atoms with van der Waals surface area (Å²) in [6, 6.07) is 8.36. The van der Waals surface area contributed by atoms with Gasteiger partial charge in [-0.05, 0) is 52.0 Å². The molecule has 1 aromatic rings. The summed E-state index contributed by atoms with van der Waals surface area (Å²) in [6.07, 6.45) is 5.03. The van der Waals surface area contributed by atoms with E-state index < -0.39 is 0 Å². The van der Waals surface area contributed by atoms with Crippen molar-refractivity contribution in [1.29, 1.82) is 0 Å². The van der Waals surface area contributed by atoms with E-state index in [1.165, 1.54) is 36.0 Å². The minimum absolute atomic E-state index is 0.166. The molecule has 2 rings (SSSR count). The normalized spacial score (nSPS) is 25.1. The second kappa shape index (κ2) is 6.73. The predicted molar refractivity (Wildman–Crippen MR) is 86.9 cm³/mol. The molecule has 0 amide bonds. The Kier molecular flexibility index (Phi) is 5.22. The molecule has 2 heteroatoms. The minimum atomic E-state index is 0.166. The van der Waals surface area contributed by atoms with E-state index in [1.54, 1.807) is 0 Å². The van der Waals surface area contributed by atoms with Gasteiger partial charge in [0.1, 0.15) is 0 Å². The third-order valence-corrected chi connectivity index (χ3v) is 4.79. The maximum absolute atomic E-state index is 6.42. The number of nitrogens with two attached hydrogens (primary N) is 1. The van der Waals surface area contributed by atoms with Crippen LogP contribution in [0.15, 0.2) is 18.2 Å². The molecule has 1 heterocycles. The van der Waals surface area contributed by atoms with E-state index in [0.717, 1.165) is 25.0 Å². The number of benzene rings is 1. The maximum atomic E-state index is 6.42. The van der Waals surface area contributed by atoms with E-state index >= 15 is 0 Å². The standard InChI is InChI=1S/C18H30N2/c1-5-17-7-6-15(4)20(17)9-8-18(19)16-11-13(2)10-14(3)12-16/h10-12,15,17-18H,5-9,19H2,1-4H3. The molecule has 3 unspecified atom stereocenters. The molecule has 0 saturated carbocycles. The fourth-order valence-corrected chi connectivity index (χ4v) is 3.65. The summed E-state index contributed by atoms with van der Waals surface area (Å²) in [4.78, 5) is 2.67. The Hall–Kier alpha value is -0.860. The van der Waals surface area contributed by atoms with Crippen molar-refractivity contribution < 1.29 is 0 Å². The van der Waals surface area contributed by atoms with Gasteiger partial charge in [-0.15, -0.1) is 0 Å². The molecule has 2 N–H and O–H groups in total. The Bertz CT molecular complexity index is 421. The molecule has 1 fully saturated rings. The lowest BCUT2D eigenvalue weighted by molar-refractivity contribution is 0.191. The summed E-state index contributed by atoms with van der Waals surface area (Å²) < 4.78 is 0. The molecule has 1 aliphatic rings. The topological polar surface area (TPSA) is 29.3 Å². The number of hydrogen-bond donors (Lipinski definition) is 1. The number of hydrogen-bond acceptors (Lipinski definition) is 2. The van der Waals surface area contributed by atoms with Crippen molar-refractivity contribution in [2.75, 3.05) is 6.54 Å². The van der Waals surface area contributed by atoms with Gasteiger partial charge in [0.25, 0.3) is 0 Å². The third-order valence-electron chi connectivity index (χ3n) is 4.79. The van der Waals surface area contributed by atoms with Crippen molar-refractivity contribution in [1.82, 2.24) is 4.90 Å². The van der Waals surface area contributed by atoms with Crippen LogP contribution >= 0.6 is 0 Å². The lowest BCUT2D eigenvalue weighted by Crippen LogP contribution is -2.36. The van der Waals surface area contributed by atoms with Crippen LogP contribution in [0.3, 0.4) is 0 Å². The zero-order valence-electron chi connectivity index (χ0n) is 13.5. The van der Waals surface area contributed by atoms with Gasteiger partial charge in [0.05, 0.1) is 0 Å². The van der Waals surface area contributed by atoms with Gasteiger partial charge in [-0.1, -0.05) is 36.2 Å².